The number of hydrogen-bond donors (Lipinski definition) is 0. The van der Waals surface area contributed by atoms with Crippen LogP contribution < -0.4 is 0 Å². The Balaban J connectivity index is 2.45. The molecule has 0 unspecified atom stereocenters. The van der Waals surface area contributed by atoms with E-state index in [-0.39, 0.29) is 23.7 Å². The van der Waals surface area contributed by atoms with E-state index in [9.17, 15) is 19.7 Å². The van der Waals surface area contributed by atoms with Gasteiger partial charge in [0.2, 0.25) is 0 Å². The fourth-order valence-corrected chi connectivity index (χ4v) is 3.48. The minimum atomic E-state index is -0.788. The van der Waals surface area contributed by atoms with Crippen LogP contribution in [0, 0.1) is 16.0 Å². The summed E-state index contributed by atoms with van der Waals surface area (Å²) >= 11 is 0. The molecule has 2 aromatic rings. The SMILES string of the molecule is CCN(C(=O)c1ccc(CC(C)C)cc1)N(C(=O)c1ccccc1[N+](=O)[O-])C(C)(C)C. The molecular weight excluding hydrogens is 394 g/mol. The highest BCUT2D eigenvalue weighted by Crippen LogP contribution is 2.26. The van der Waals surface area contributed by atoms with Gasteiger partial charge >= 0.3 is 0 Å². The molecule has 0 heterocycles. The number of hydrazine groups is 1. The molecule has 0 saturated carbocycles. The number of nitro benzene ring substituents is 1. The quantitative estimate of drug-likeness (QED) is 0.475. The molecule has 0 aromatic heterocycles. The second-order valence-electron chi connectivity index (χ2n) is 8.88. The summed E-state index contributed by atoms with van der Waals surface area (Å²) in [6, 6.07) is 13.2. The van der Waals surface area contributed by atoms with Crippen molar-refractivity contribution in [2.24, 2.45) is 5.92 Å². The van der Waals surface area contributed by atoms with E-state index < -0.39 is 16.4 Å². The number of carbonyl (C=O) groups excluding carboxylic acids is 2. The van der Waals surface area contributed by atoms with Crippen LogP contribution in [0.2, 0.25) is 0 Å². The maximum absolute atomic E-state index is 13.5. The molecule has 0 spiro atoms. The van der Waals surface area contributed by atoms with E-state index in [0.717, 1.165) is 12.0 Å². The van der Waals surface area contributed by atoms with Gasteiger partial charge < -0.3 is 0 Å². The van der Waals surface area contributed by atoms with Gasteiger partial charge in [-0.05, 0) is 63.8 Å². The molecule has 0 fully saturated rings. The van der Waals surface area contributed by atoms with E-state index in [2.05, 4.69) is 13.8 Å². The van der Waals surface area contributed by atoms with Gasteiger partial charge in [-0.2, -0.15) is 0 Å². The second kappa shape index (κ2) is 9.73. The Morgan fingerprint density at radius 1 is 1.00 bits per heavy atom. The summed E-state index contributed by atoms with van der Waals surface area (Å²) in [5, 5.41) is 14.1. The largest absolute Gasteiger partial charge is 0.282 e. The molecule has 31 heavy (non-hydrogen) atoms. The van der Waals surface area contributed by atoms with Crippen molar-refractivity contribution in [2.75, 3.05) is 6.54 Å². The minimum absolute atomic E-state index is 0.0547. The standard InChI is InChI=1S/C24H31N3O4/c1-7-25(22(28)19-14-12-18(13-15-19)16-17(2)3)26(24(4,5)6)23(29)20-10-8-9-11-21(20)27(30)31/h8-15,17H,7,16H2,1-6H3. The number of para-hydroxylation sites is 1. The number of benzene rings is 2. The molecule has 2 rings (SSSR count). The zero-order valence-corrected chi connectivity index (χ0v) is 19.1. The van der Waals surface area contributed by atoms with Crippen molar-refractivity contribution >= 4 is 17.5 Å². The van der Waals surface area contributed by atoms with Gasteiger partial charge in [-0.1, -0.05) is 38.1 Å². The van der Waals surface area contributed by atoms with Gasteiger partial charge in [-0.3, -0.25) is 19.7 Å². The normalized spacial score (nSPS) is 11.3. The molecule has 0 radical (unpaired) electrons. The van der Waals surface area contributed by atoms with Crippen LogP contribution in [-0.4, -0.2) is 38.8 Å². The zero-order chi connectivity index (χ0) is 23.3. The smallest absolute Gasteiger partial charge is 0.267 e. The predicted octanol–water partition coefficient (Wildman–Crippen LogP) is 5.11. The van der Waals surface area contributed by atoms with Crippen molar-refractivity contribution in [3.63, 3.8) is 0 Å². The van der Waals surface area contributed by atoms with Gasteiger partial charge in [0.1, 0.15) is 5.56 Å². The van der Waals surface area contributed by atoms with E-state index >= 15 is 0 Å². The predicted molar refractivity (Wildman–Crippen MR) is 121 cm³/mol. The van der Waals surface area contributed by atoms with E-state index in [1.807, 2.05) is 12.1 Å². The van der Waals surface area contributed by atoms with Gasteiger partial charge in [-0.25, -0.2) is 10.0 Å². The first-order valence-electron chi connectivity index (χ1n) is 10.5. The fraction of sp³-hybridized carbons (Fsp3) is 0.417. The molecule has 2 amide bonds. The summed E-state index contributed by atoms with van der Waals surface area (Å²) in [7, 11) is 0. The van der Waals surface area contributed by atoms with E-state index in [0.29, 0.717) is 11.5 Å². The van der Waals surface area contributed by atoms with Gasteiger partial charge in [0.05, 0.1) is 10.5 Å². The average Bonchev–Trinajstić information content (AvgIpc) is 2.70. The van der Waals surface area contributed by atoms with E-state index in [1.165, 1.54) is 28.2 Å². The van der Waals surface area contributed by atoms with Crippen LogP contribution >= 0.6 is 0 Å². The van der Waals surface area contributed by atoms with Crippen molar-refractivity contribution in [3.8, 4) is 0 Å². The lowest BCUT2D eigenvalue weighted by Gasteiger charge is -2.43. The van der Waals surface area contributed by atoms with Crippen molar-refractivity contribution in [2.45, 2.75) is 53.5 Å². The van der Waals surface area contributed by atoms with Crippen LogP contribution in [0.3, 0.4) is 0 Å². The molecule has 0 N–H and O–H groups in total. The van der Waals surface area contributed by atoms with Gasteiger partial charge in [-0.15, -0.1) is 0 Å². The van der Waals surface area contributed by atoms with Crippen LogP contribution in [0.1, 0.15) is 67.8 Å². The van der Waals surface area contributed by atoms with Crippen LogP contribution in [0.5, 0.6) is 0 Å². The molecule has 0 aliphatic carbocycles. The van der Waals surface area contributed by atoms with Gasteiger partial charge in [0.25, 0.3) is 17.5 Å². The molecule has 0 aliphatic heterocycles. The summed E-state index contributed by atoms with van der Waals surface area (Å²) in [6.07, 6.45) is 0.913. The fourth-order valence-electron chi connectivity index (χ4n) is 3.48. The van der Waals surface area contributed by atoms with E-state index in [1.54, 1.807) is 45.9 Å². The second-order valence-corrected chi connectivity index (χ2v) is 8.88. The number of rotatable bonds is 6. The van der Waals surface area contributed by atoms with Crippen molar-refractivity contribution in [1.29, 1.82) is 0 Å². The van der Waals surface area contributed by atoms with Crippen molar-refractivity contribution < 1.29 is 14.5 Å². The third kappa shape index (κ3) is 5.69. The van der Waals surface area contributed by atoms with Crippen LogP contribution in [-0.2, 0) is 6.42 Å². The number of carbonyl (C=O) groups is 2. The van der Waals surface area contributed by atoms with E-state index in [4.69, 9.17) is 0 Å². The summed E-state index contributed by atoms with van der Waals surface area (Å²) < 4.78 is 0. The Morgan fingerprint density at radius 3 is 2.06 bits per heavy atom. The lowest BCUT2D eigenvalue weighted by atomic mass is 10.0. The number of hydrogen-bond acceptors (Lipinski definition) is 4. The Kier molecular flexibility index (Phi) is 7.55. The maximum Gasteiger partial charge on any atom is 0.282 e. The molecule has 7 nitrogen and oxygen atoms in total. The third-order valence-electron chi connectivity index (χ3n) is 4.78. The molecule has 166 valence electrons. The zero-order valence-electron chi connectivity index (χ0n) is 19.1. The lowest BCUT2D eigenvalue weighted by Crippen LogP contribution is -2.58. The highest BCUT2D eigenvalue weighted by Gasteiger charge is 2.37. The summed E-state index contributed by atoms with van der Waals surface area (Å²) in [5.41, 5.74) is 0.464. The number of nitrogens with zero attached hydrogens (tertiary/aromatic N) is 3. The Bertz CT molecular complexity index is 946. The molecule has 7 heteroatoms. The molecular formula is C24H31N3O4. The summed E-state index contributed by atoms with van der Waals surface area (Å²) in [4.78, 5) is 37.7. The Hall–Kier alpha value is -3.22. The Morgan fingerprint density at radius 2 is 1.58 bits per heavy atom. The molecule has 0 aliphatic rings. The monoisotopic (exact) mass is 425 g/mol. The van der Waals surface area contributed by atoms with Crippen LogP contribution in [0.15, 0.2) is 48.5 Å². The average molecular weight is 426 g/mol. The molecule has 2 aromatic carbocycles. The Labute approximate surface area is 183 Å². The maximum atomic E-state index is 13.5. The molecule has 0 atom stereocenters. The summed E-state index contributed by atoms with van der Waals surface area (Å²) in [5.74, 6) is -0.420. The first kappa shape index (κ1) is 24.1. The first-order valence-corrected chi connectivity index (χ1v) is 10.5. The first-order chi connectivity index (χ1) is 14.5. The topological polar surface area (TPSA) is 83.8 Å². The summed E-state index contributed by atoms with van der Waals surface area (Å²) in [6.45, 7) is 11.7. The van der Waals surface area contributed by atoms with Crippen molar-refractivity contribution in [1.82, 2.24) is 10.0 Å². The van der Waals surface area contributed by atoms with Gasteiger partial charge in [0, 0.05) is 18.2 Å². The highest BCUT2D eigenvalue weighted by molar-refractivity contribution is 6.01. The number of nitro groups is 1. The minimum Gasteiger partial charge on any atom is -0.267 e. The van der Waals surface area contributed by atoms with Crippen molar-refractivity contribution in [3.05, 3.63) is 75.3 Å². The number of amides is 2. The molecule has 0 bridgehead atoms. The lowest BCUT2D eigenvalue weighted by molar-refractivity contribution is -0.385. The third-order valence-corrected chi connectivity index (χ3v) is 4.78. The molecule has 0 saturated heterocycles. The van der Waals surface area contributed by atoms with Gasteiger partial charge in [0.15, 0.2) is 0 Å². The van der Waals surface area contributed by atoms with Crippen LogP contribution in [0.25, 0.3) is 0 Å². The van der Waals surface area contributed by atoms with Crippen LogP contribution in [0.4, 0.5) is 5.69 Å². The highest BCUT2D eigenvalue weighted by atomic mass is 16.6.